The van der Waals surface area contributed by atoms with Gasteiger partial charge in [-0.3, -0.25) is 0 Å². The Morgan fingerprint density at radius 3 is 2.38 bits per heavy atom. The first kappa shape index (κ1) is 12.3. The van der Waals surface area contributed by atoms with E-state index in [0.717, 1.165) is 7.11 Å². The predicted octanol–water partition coefficient (Wildman–Crippen LogP) is 0.890. The van der Waals surface area contributed by atoms with Crippen LogP contribution >= 0.6 is 11.6 Å². The molecule has 0 aliphatic rings. The summed E-state index contributed by atoms with van der Waals surface area (Å²) in [5.74, 6) is -1.51. The molecule has 0 amide bonds. The van der Waals surface area contributed by atoms with Gasteiger partial charge in [0.1, 0.15) is 16.5 Å². The highest BCUT2D eigenvalue weighted by Gasteiger charge is 2.23. The van der Waals surface area contributed by atoms with Gasteiger partial charge in [-0.25, -0.2) is 14.6 Å². The van der Waals surface area contributed by atoms with Gasteiger partial charge in [-0.05, 0) is 6.07 Å². The van der Waals surface area contributed by atoms with Crippen molar-refractivity contribution in [2.24, 2.45) is 0 Å². The quantitative estimate of drug-likeness (QED) is 0.614. The lowest BCUT2D eigenvalue weighted by atomic mass is 10.1. The summed E-state index contributed by atoms with van der Waals surface area (Å²) in [5, 5.41) is -0.202. The number of anilines is 1. The lowest BCUT2D eigenvalue weighted by Gasteiger charge is -2.08. The van der Waals surface area contributed by atoms with Gasteiger partial charge in [0.25, 0.3) is 0 Å². The number of halogens is 1. The van der Waals surface area contributed by atoms with Gasteiger partial charge in [-0.1, -0.05) is 11.6 Å². The van der Waals surface area contributed by atoms with E-state index in [1.165, 1.54) is 13.2 Å². The van der Waals surface area contributed by atoms with E-state index in [1.54, 1.807) is 0 Å². The van der Waals surface area contributed by atoms with E-state index in [1.807, 2.05) is 0 Å². The fraction of sp³-hybridized carbons (Fsp3) is 0.222. The number of nitrogens with zero attached hydrogens (tertiary/aromatic N) is 1. The number of nitrogens with two attached hydrogens (primary N) is 1. The molecule has 0 saturated carbocycles. The van der Waals surface area contributed by atoms with Crippen molar-refractivity contribution in [3.05, 3.63) is 22.3 Å². The zero-order valence-electron chi connectivity index (χ0n) is 8.61. The Hall–Kier alpha value is -1.82. The van der Waals surface area contributed by atoms with Crippen molar-refractivity contribution < 1.29 is 19.1 Å². The minimum Gasteiger partial charge on any atom is -0.465 e. The van der Waals surface area contributed by atoms with Gasteiger partial charge >= 0.3 is 11.9 Å². The van der Waals surface area contributed by atoms with Gasteiger partial charge in [-0.2, -0.15) is 0 Å². The molecule has 0 spiro atoms. The molecule has 0 bridgehead atoms. The fourth-order valence-electron chi connectivity index (χ4n) is 1.10. The second-order valence-corrected chi connectivity index (χ2v) is 3.10. The molecule has 0 aliphatic carbocycles. The standard InChI is InChI=1S/C9H9ClN2O4/c1-15-8(13)4-3-5(11)12-7(10)6(4)9(14)16-2/h3H,1-2H3,(H2,11,12). The van der Waals surface area contributed by atoms with Crippen molar-refractivity contribution in [2.45, 2.75) is 0 Å². The molecule has 0 fully saturated rings. The van der Waals surface area contributed by atoms with Crippen molar-refractivity contribution in [3.8, 4) is 0 Å². The molecule has 86 valence electrons. The summed E-state index contributed by atoms with van der Waals surface area (Å²) < 4.78 is 8.97. The summed E-state index contributed by atoms with van der Waals surface area (Å²) in [6.07, 6.45) is 0. The minimum absolute atomic E-state index is 0.0121. The van der Waals surface area contributed by atoms with E-state index in [9.17, 15) is 9.59 Å². The van der Waals surface area contributed by atoms with Crippen LogP contribution in [0.4, 0.5) is 5.82 Å². The SMILES string of the molecule is COC(=O)c1cc(N)nc(Cl)c1C(=O)OC. The van der Waals surface area contributed by atoms with Crippen molar-refractivity contribution in [1.82, 2.24) is 4.98 Å². The summed E-state index contributed by atoms with van der Waals surface area (Å²) >= 11 is 5.71. The molecule has 6 nitrogen and oxygen atoms in total. The maximum absolute atomic E-state index is 11.4. The average Bonchev–Trinajstić information content (AvgIpc) is 2.26. The van der Waals surface area contributed by atoms with Crippen molar-refractivity contribution >= 4 is 29.4 Å². The number of esters is 2. The normalized spacial score (nSPS) is 9.69. The number of rotatable bonds is 2. The molecule has 7 heteroatoms. The zero-order chi connectivity index (χ0) is 12.3. The van der Waals surface area contributed by atoms with E-state index < -0.39 is 11.9 Å². The summed E-state index contributed by atoms with van der Waals surface area (Å²) in [6, 6.07) is 1.20. The zero-order valence-corrected chi connectivity index (χ0v) is 9.37. The van der Waals surface area contributed by atoms with Crippen molar-refractivity contribution in [2.75, 3.05) is 20.0 Å². The second kappa shape index (κ2) is 4.80. The van der Waals surface area contributed by atoms with Crippen LogP contribution in [0.2, 0.25) is 5.15 Å². The third-order valence-electron chi connectivity index (χ3n) is 1.79. The molecule has 0 saturated heterocycles. The molecule has 1 aromatic rings. The first-order valence-electron chi connectivity index (χ1n) is 4.14. The summed E-state index contributed by atoms with van der Waals surface area (Å²) in [4.78, 5) is 26.4. The van der Waals surface area contributed by atoms with E-state index in [4.69, 9.17) is 17.3 Å². The highest BCUT2D eigenvalue weighted by molar-refractivity contribution is 6.33. The van der Waals surface area contributed by atoms with Gasteiger partial charge in [0, 0.05) is 0 Å². The van der Waals surface area contributed by atoms with E-state index in [-0.39, 0.29) is 22.1 Å². The number of pyridine rings is 1. The molecule has 2 N–H and O–H groups in total. The highest BCUT2D eigenvalue weighted by Crippen LogP contribution is 2.22. The molecule has 0 aliphatic heterocycles. The van der Waals surface area contributed by atoms with Crippen LogP contribution in [-0.2, 0) is 9.47 Å². The fourth-order valence-corrected chi connectivity index (χ4v) is 1.38. The van der Waals surface area contributed by atoms with Crippen LogP contribution in [0.1, 0.15) is 20.7 Å². The summed E-state index contributed by atoms with van der Waals surface area (Å²) in [7, 11) is 2.34. The Morgan fingerprint density at radius 2 is 1.88 bits per heavy atom. The largest absolute Gasteiger partial charge is 0.465 e. The third kappa shape index (κ3) is 2.22. The molecule has 0 atom stereocenters. The highest BCUT2D eigenvalue weighted by atomic mass is 35.5. The topological polar surface area (TPSA) is 91.5 Å². The number of aromatic nitrogens is 1. The first-order chi connectivity index (χ1) is 7.51. The van der Waals surface area contributed by atoms with Gasteiger partial charge in [0.15, 0.2) is 0 Å². The van der Waals surface area contributed by atoms with Crippen LogP contribution in [0.5, 0.6) is 0 Å². The van der Waals surface area contributed by atoms with Gasteiger partial charge in [-0.15, -0.1) is 0 Å². The Kier molecular flexibility index (Phi) is 3.68. The van der Waals surface area contributed by atoms with Crippen LogP contribution in [0, 0.1) is 0 Å². The molecule has 0 unspecified atom stereocenters. The molecule has 1 heterocycles. The molecule has 0 aromatic carbocycles. The Labute approximate surface area is 96.3 Å². The Bertz CT molecular complexity index is 447. The smallest absolute Gasteiger partial charge is 0.341 e. The van der Waals surface area contributed by atoms with Crippen LogP contribution in [0.3, 0.4) is 0 Å². The molecule has 16 heavy (non-hydrogen) atoms. The minimum atomic E-state index is -0.780. The lowest BCUT2D eigenvalue weighted by molar-refractivity contribution is 0.0555. The monoisotopic (exact) mass is 244 g/mol. The van der Waals surface area contributed by atoms with Gasteiger partial charge in [0.05, 0.1) is 19.8 Å². The third-order valence-corrected chi connectivity index (χ3v) is 2.06. The van der Waals surface area contributed by atoms with Crippen molar-refractivity contribution in [1.29, 1.82) is 0 Å². The van der Waals surface area contributed by atoms with Gasteiger partial charge in [0.2, 0.25) is 0 Å². The molecule has 1 aromatic heterocycles. The maximum Gasteiger partial charge on any atom is 0.341 e. The number of hydrogen-bond acceptors (Lipinski definition) is 6. The number of methoxy groups -OCH3 is 2. The second-order valence-electron chi connectivity index (χ2n) is 2.74. The van der Waals surface area contributed by atoms with Crippen LogP contribution in [0.25, 0.3) is 0 Å². The Morgan fingerprint density at radius 1 is 1.31 bits per heavy atom. The number of ether oxygens (including phenoxy) is 2. The predicted molar refractivity (Wildman–Crippen MR) is 56.3 cm³/mol. The summed E-state index contributed by atoms with van der Waals surface area (Å²) in [5.41, 5.74) is 5.17. The lowest BCUT2D eigenvalue weighted by Crippen LogP contribution is -2.14. The van der Waals surface area contributed by atoms with E-state index >= 15 is 0 Å². The molecule has 0 radical (unpaired) electrons. The van der Waals surface area contributed by atoms with E-state index in [2.05, 4.69) is 14.5 Å². The van der Waals surface area contributed by atoms with Gasteiger partial charge < -0.3 is 15.2 Å². The number of carbonyl (C=O) groups excluding carboxylic acids is 2. The number of carbonyl (C=O) groups is 2. The average molecular weight is 245 g/mol. The maximum atomic E-state index is 11.4. The van der Waals surface area contributed by atoms with Crippen LogP contribution in [0.15, 0.2) is 6.07 Å². The van der Waals surface area contributed by atoms with Crippen LogP contribution in [-0.4, -0.2) is 31.1 Å². The molecular weight excluding hydrogens is 236 g/mol. The van der Waals surface area contributed by atoms with Crippen molar-refractivity contribution in [3.63, 3.8) is 0 Å². The number of hydrogen-bond donors (Lipinski definition) is 1. The summed E-state index contributed by atoms with van der Waals surface area (Å²) in [6.45, 7) is 0. The number of nitrogen functional groups attached to an aromatic ring is 1. The first-order valence-corrected chi connectivity index (χ1v) is 4.51. The Balaban J connectivity index is 3.44. The van der Waals surface area contributed by atoms with E-state index in [0.29, 0.717) is 0 Å². The van der Waals surface area contributed by atoms with Crippen LogP contribution < -0.4 is 5.73 Å². The molecule has 1 rings (SSSR count). The molecular formula is C9H9ClN2O4.